The summed E-state index contributed by atoms with van der Waals surface area (Å²) in [7, 11) is 3.87. The molecule has 0 N–H and O–H groups in total. The molecule has 1 aromatic heterocycles. The molecule has 2 aromatic carbocycles. The lowest BCUT2D eigenvalue weighted by molar-refractivity contribution is 0.242. The largest absolute Gasteiger partial charge is 0.497 e. The minimum absolute atomic E-state index is 0.358. The summed E-state index contributed by atoms with van der Waals surface area (Å²) in [4.78, 5) is 2.40. The third kappa shape index (κ3) is 2.77. The monoisotopic (exact) mass is 344 g/mol. The molecule has 0 saturated heterocycles. The highest BCUT2D eigenvalue weighted by Crippen LogP contribution is 2.36. The maximum absolute atomic E-state index is 5.23. The van der Waals surface area contributed by atoms with Crippen LogP contribution in [0.25, 0.3) is 10.9 Å². The Balaban J connectivity index is 1.88. The van der Waals surface area contributed by atoms with Crippen LogP contribution in [0.5, 0.6) is 5.75 Å². The van der Waals surface area contributed by atoms with Gasteiger partial charge in [0.25, 0.3) is 0 Å². The molecule has 4 rings (SSSR count). The highest BCUT2D eigenvalue weighted by Gasteiger charge is 2.27. The van der Waals surface area contributed by atoms with E-state index < -0.39 is 0 Å². The Morgan fingerprint density at radius 3 is 2.62 bits per heavy atom. The van der Waals surface area contributed by atoms with Crippen LogP contribution in [0.2, 0.25) is 0 Å². The Hall–Kier alpha value is -2.70. The van der Waals surface area contributed by atoms with Crippen LogP contribution in [-0.2, 0) is 6.42 Å². The SMILES string of the molecule is COc1ccc(C#Cn2c3c(c4cc(C)ccc42)CCN(C)C3C)cc1. The minimum Gasteiger partial charge on any atom is -0.497 e. The lowest BCUT2D eigenvalue weighted by Gasteiger charge is -2.30. The van der Waals surface area contributed by atoms with E-state index in [0.717, 1.165) is 24.3 Å². The van der Waals surface area contributed by atoms with Gasteiger partial charge in [0.2, 0.25) is 0 Å². The first-order valence-corrected chi connectivity index (χ1v) is 9.08. The van der Waals surface area contributed by atoms with E-state index >= 15 is 0 Å². The highest BCUT2D eigenvalue weighted by atomic mass is 16.5. The number of aryl methyl sites for hydroxylation is 1. The molecule has 1 unspecified atom stereocenters. The predicted octanol–water partition coefficient (Wildman–Crippen LogP) is 4.36. The van der Waals surface area contributed by atoms with Crippen molar-refractivity contribution in [2.75, 3.05) is 20.7 Å². The van der Waals surface area contributed by atoms with E-state index in [9.17, 15) is 0 Å². The summed E-state index contributed by atoms with van der Waals surface area (Å²) in [5.74, 6) is 4.18. The van der Waals surface area contributed by atoms with Gasteiger partial charge in [-0.15, -0.1) is 0 Å². The molecule has 0 amide bonds. The lowest BCUT2D eigenvalue weighted by atomic mass is 9.98. The standard InChI is InChI=1S/C23H24N2O/c1-16-5-10-22-21(15-16)20-12-13-24(3)17(2)23(20)25(22)14-11-18-6-8-19(26-4)9-7-18/h5-10,15,17H,12-13H2,1-4H3. The van der Waals surface area contributed by atoms with Gasteiger partial charge in [-0.05, 0) is 75.2 Å². The number of ether oxygens (including phenoxy) is 1. The van der Waals surface area contributed by atoms with E-state index in [2.05, 4.69) is 60.5 Å². The van der Waals surface area contributed by atoms with E-state index in [-0.39, 0.29) is 0 Å². The molecule has 1 aliphatic heterocycles. The number of methoxy groups -OCH3 is 1. The number of aromatic nitrogens is 1. The van der Waals surface area contributed by atoms with Crippen LogP contribution < -0.4 is 4.74 Å². The molecule has 26 heavy (non-hydrogen) atoms. The molecular formula is C23H24N2O. The van der Waals surface area contributed by atoms with E-state index in [1.807, 2.05) is 24.3 Å². The summed E-state index contributed by atoms with van der Waals surface area (Å²) >= 11 is 0. The molecular weight excluding hydrogens is 320 g/mol. The number of rotatable bonds is 1. The Kier molecular flexibility index (Phi) is 4.22. The second-order valence-corrected chi connectivity index (χ2v) is 7.09. The normalized spacial score (nSPS) is 16.8. The van der Waals surface area contributed by atoms with Crippen LogP contribution in [0, 0.1) is 18.9 Å². The summed E-state index contributed by atoms with van der Waals surface area (Å²) < 4.78 is 7.43. The highest BCUT2D eigenvalue weighted by molar-refractivity contribution is 5.87. The average Bonchev–Trinajstić information content (AvgIpc) is 2.97. The summed E-state index contributed by atoms with van der Waals surface area (Å²) in [5.41, 5.74) is 6.29. The van der Waals surface area contributed by atoms with Gasteiger partial charge in [-0.25, -0.2) is 0 Å². The van der Waals surface area contributed by atoms with Gasteiger partial charge in [-0.1, -0.05) is 11.6 Å². The molecule has 2 heterocycles. The smallest absolute Gasteiger partial charge is 0.118 e. The van der Waals surface area contributed by atoms with Crippen LogP contribution in [-0.4, -0.2) is 30.2 Å². The Morgan fingerprint density at radius 2 is 1.88 bits per heavy atom. The molecule has 3 heteroatoms. The molecule has 1 atom stereocenters. The first-order chi connectivity index (χ1) is 12.6. The molecule has 3 aromatic rings. The van der Waals surface area contributed by atoms with Crippen LogP contribution in [0.3, 0.4) is 0 Å². The van der Waals surface area contributed by atoms with Gasteiger partial charge in [0.1, 0.15) is 5.75 Å². The third-order valence-corrected chi connectivity index (χ3v) is 5.44. The number of fused-ring (bicyclic) bond motifs is 3. The molecule has 1 aliphatic rings. The maximum Gasteiger partial charge on any atom is 0.118 e. The lowest BCUT2D eigenvalue weighted by Crippen LogP contribution is -2.31. The van der Waals surface area contributed by atoms with Crippen LogP contribution >= 0.6 is 0 Å². The number of benzene rings is 2. The van der Waals surface area contributed by atoms with E-state index in [1.54, 1.807) is 7.11 Å². The van der Waals surface area contributed by atoms with Crippen molar-refractivity contribution in [2.45, 2.75) is 26.3 Å². The molecule has 0 bridgehead atoms. The Labute approximate surface area is 155 Å². The fourth-order valence-corrected chi connectivity index (χ4v) is 3.80. The van der Waals surface area contributed by atoms with Gasteiger partial charge >= 0.3 is 0 Å². The Morgan fingerprint density at radius 1 is 1.12 bits per heavy atom. The van der Waals surface area contributed by atoms with Crippen LogP contribution in [0.4, 0.5) is 0 Å². The van der Waals surface area contributed by atoms with Gasteiger partial charge in [0.15, 0.2) is 0 Å². The summed E-state index contributed by atoms with van der Waals surface area (Å²) in [6.45, 7) is 5.52. The zero-order valence-corrected chi connectivity index (χ0v) is 15.8. The zero-order chi connectivity index (χ0) is 18.3. The fraction of sp³-hybridized carbons (Fsp3) is 0.304. The van der Waals surface area contributed by atoms with Crippen molar-refractivity contribution < 1.29 is 4.74 Å². The molecule has 0 spiro atoms. The van der Waals surface area contributed by atoms with Crippen LogP contribution in [0.15, 0.2) is 42.5 Å². The van der Waals surface area contributed by atoms with Gasteiger partial charge in [-0.2, -0.15) is 0 Å². The van der Waals surface area contributed by atoms with Crippen molar-refractivity contribution in [2.24, 2.45) is 0 Å². The first-order valence-electron chi connectivity index (χ1n) is 9.08. The fourth-order valence-electron chi connectivity index (χ4n) is 3.80. The average molecular weight is 344 g/mol. The van der Waals surface area contributed by atoms with Crippen molar-refractivity contribution in [3.05, 3.63) is 64.8 Å². The quantitative estimate of drug-likeness (QED) is 0.610. The van der Waals surface area contributed by atoms with Crippen molar-refractivity contribution in [1.82, 2.24) is 9.47 Å². The van der Waals surface area contributed by atoms with Crippen molar-refractivity contribution in [3.8, 4) is 17.7 Å². The van der Waals surface area contributed by atoms with E-state index in [1.165, 1.54) is 27.7 Å². The second kappa shape index (κ2) is 6.55. The Bertz CT molecular complexity index is 1020. The maximum atomic E-state index is 5.23. The number of likely N-dealkylation sites (N-methyl/N-ethyl adjacent to an activating group) is 1. The number of hydrogen-bond acceptors (Lipinski definition) is 2. The molecule has 3 nitrogen and oxygen atoms in total. The van der Waals surface area contributed by atoms with Gasteiger partial charge in [-0.3, -0.25) is 9.47 Å². The van der Waals surface area contributed by atoms with Gasteiger partial charge in [0, 0.05) is 29.6 Å². The minimum atomic E-state index is 0.358. The molecule has 0 fully saturated rings. The van der Waals surface area contributed by atoms with Crippen molar-refractivity contribution >= 4 is 10.9 Å². The summed E-state index contributed by atoms with van der Waals surface area (Å²) in [6, 6.07) is 18.4. The van der Waals surface area contributed by atoms with E-state index in [0.29, 0.717) is 6.04 Å². The first kappa shape index (κ1) is 16.8. The molecule has 132 valence electrons. The van der Waals surface area contributed by atoms with Crippen molar-refractivity contribution in [3.63, 3.8) is 0 Å². The molecule has 0 saturated carbocycles. The summed E-state index contributed by atoms with van der Waals surface area (Å²) in [6.07, 6.45) is 1.08. The third-order valence-electron chi connectivity index (χ3n) is 5.44. The topological polar surface area (TPSA) is 17.4 Å². The summed E-state index contributed by atoms with van der Waals surface area (Å²) in [5, 5.41) is 1.35. The number of nitrogens with zero attached hydrogens (tertiary/aromatic N) is 2. The second-order valence-electron chi connectivity index (χ2n) is 7.09. The molecule has 0 radical (unpaired) electrons. The molecule has 0 aliphatic carbocycles. The van der Waals surface area contributed by atoms with Gasteiger partial charge < -0.3 is 4.74 Å². The zero-order valence-electron chi connectivity index (χ0n) is 15.8. The number of hydrogen-bond donors (Lipinski definition) is 0. The van der Waals surface area contributed by atoms with Crippen LogP contribution in [0.1, 0.15) is 35.3 Å². The van der Waals surface area contributed by atoms with Gasteiger partial charge in [0.05, 0.1) is 18.3 Å². The predicted molar refractivity (Wildman–Crippen MR) is 107 cm³/mol. The van der Waals surface area contributed by atoms with Crippen molar-refractivity contribution in [1.29, 1.82) is 0 Å². The van der Waals surface area contributed by atoms with E-state index in [4.69, 9.17) is 4.74 Å².